The van der Waals surface area contributed by atoms with Crippen LogP contribution in [0, 0.1) is 0 Å². The molecule has 0 aliphatic heterocycles. The maximum Gasteiger partial charge on any atom is 0.258 e. The Morgan fingerprint density at radius 2 is 1.95 bits per heavy atom. The highest BCUT2D eigenvalue weighted by atomic mass is 35.5. The van der Waals surface area contributed by atoms with Gasteiger partial charge in [0.1, 0.15) is 5.82 Å². The lowest BCUT2D eigenvalue weighted by molar-refractivity contribution is 0.707. The normalized spacial score (nSPS) is 11.1. The second-order valence-electron chi connectivity index (χ2n) is 4.67. The third-order valence-corrected chi connectivity index (χ3v) is 3.34. The van der Waals surface area contributed by atoms with Crippen LogP contribution in [0.25, 0.3) is 10.9 Å². The number of nitrogens with zero attached hydrogens (tertiary/aromatic N) is 2. The summed E-state index contributed by atoms with van der Waals surface area (Å²) < 4.78 is 0. The van der Waals surface area contributed by atoms with Crippen LogP contribution in [-0.4, -0.2) is 16.2 Å². The number of aromatic amines is 1. The maximum absolute atomic E-state index is 11.9. The number of hydrazone groups is 1. The van der Waals surface area contributed by atoms with Gasteiger partial charge in [-0.2, -0.15) is 5.10 Å². The molecule has 0 fully saturated rings. The van der Waals surface area contributed by atoms with Crippen molar-refractivity contribution in [3.63, 3.8) is 0 Å². The molecule has 0 amide bonds. The lowest BCUT2D eigenvalue weighted by Gasteiger charge is -2.02. The summed E-state index contributed by atoms with van der Waals surface area (Å²) in [5, 5.41) is 5.36. The zero-order valence-corrected chi connectivity index (χ0v) is 12.3. The number of rotatable bonds is 4. The van der Waals surface area contributed by atoms with E-state index in [0.29, 0.717) is 28.3 Å². The van der Waals surface area contributed by atoms with E-state index in [1.807, 2.05) is 30.3 Å². The van der Waals surface area contributed by atoms with Crippen molar-refractivity contribution in [3.05, 3.63) is 75.3 Å². The zero-order chi connectivity index (χ0) is 15.4. The van der Waals surface area contributed by atoms with Gasteiger partial charge in [0.05, 0.1) is 23.7 Å². The summed E-state index contributed by atoms with van der Waals surface area (Å²) in [5.41, 5.74) is 4.31. The van der Waals surface area contributed by atoms with Crippen molar-refractivity contribution in [2.45, 2.75) is 6.54 Å². The molecule has 0 unspecified atom stereocenters. The molecule has 2 aromatic carbocycles. The van der Waals surface area contributed by atoms with Crippen LogP contribution in [0.4, 0.5) is 0 Å². The molecule has 0 aliphatic carbocycles. The predicted molar refractivity (Wildman–Crippen MR) is 88.2 cm³/mol. The fourth-order valence-electron chi connectivity index (χ4n) is 2.01. The Hall–Kier alpha value is -2.66. The molecule has 6 heteroatoms. The number of hydrogen-bond donors (Lipinski definition) is 2. The fourth-order valence-corrected chi connectivity index (χ4v) is 2.13. The monoisotopic (exact) mass is 312 g/mol. The van der Waals surface area contributed by atoms with Crippen molar-refractivity contribution in [2.24, 2.45) is 5.10 Å². The molecule has 1 heterocycles. The van der Waals surface area contributed by atoms with Gasteiger partial charge in [-0.25, -0.2) is 4.98 Å². The zero-order valence-electron chi connectivity index (χ0n) is 11.6. The van der Waals surface area contributed by atoms with Crippen molar-refractivity contribution in [3.8, 4) is 0 Å². The predicted octanol–water partition coefficient (Wildman–Crippen LogP) is 2.70. The van der Waals surface area contributed by atoms with Gasteiger partial charge in [-0.3, -0.25) is 4.79 Å². The van der Waals surface area contributed by atoms with Gasteiger partial charge in [-0.1, -0.05) is 35.9 Å². The summed E-state index contributed by atoms with van der Waals surface area (Å²) in [6, 6.07) is 14.5. The highest BCUT2D eigenvalue weighted by molar-refractivity contribution is 6.30. The summed E-state index contributed by atoms with van der Waals surface area (Å²) >= 11 is 5.81. The van der Waals surface area contributed by atoms with Crippen LogP contribution in [-0.2, 0) is 6.54 Å². The highest BCUT2D eigenvalue weighted by Crippen LogP contribution is 2.08. The second-order valence-corrected chi connectivity index (χ2v) is 5.11. The Labute approximate surface area is 131 Å². The number of aromatic nitrogens is 2. The Morgan fingerprint density at radius 3 is 2.77 bits per heavy atom. The largest absolute Gasteiger partial charge is 0.308 e. The van der Waals surface area contributed by atoms with Crippen molar-refractivity contribution in [1.29, 1.82) is 0 Å². The summed E-state index contributed by atoms with van der Waals surface area (Å²) in [7, 11) is 0. The summed E-state index contributed by atoms with van der Waals surface area (Å²) in [4.78, 5) is 19.0. The van der Waals surface area contributed by atoms with Crippen LogP contribution >= 0.6 is 11.6 Å². The van der Waals surface area contributed by atoms with E-state index in [0.717, 1.165) is 5.56 Å². The molecule has 0 spiro atoms. The van der Waals surface area contributed by atoms with Gasteiger partial charge >= 0.3 is 0 Å². The number of H-pyrrole nitrogens is 1. The molecule has 0 bridgehead atoms. The lowest BCUT2D eigenvalue weighted by Crippen LogP contribution is -2.16. The first kappa shape index (κ1) is 14.3. The molecule has 5 nitrogen and oxygen atoms in total. The van der Waals surface area contributed by atoms with Gasteiger partial charge in [-0.15, -0.1) is 0 Å². The second kappa shape index (κ2) is 6.41. The van der Waals surface area contributed by atoms with Crippen molar-refractivity contribution < 1.29 is 0 Å². The molecule has 1 aromatic heterocycles. The lowest BCUT2D eigenvalue weighted by atomic mass is 10.2. The molecule has 0 atom stereocenters. The topological polar surface area (TPSA) is 70.1 Å². The third-order valence-electron chi connectivity index (χ3n) is 3.08. The number of nitrogens with one attached hydrogen (secondary N) is 2. The fraction of sp³-hybridized carbons (Fsp3) is 0.0625. The summed E-state index contributed by atoms with van der Waals surface area (Å²) in [6.07, 6.45) is 1.68. The first-order valence-electron chi connectivity index (χ1n) is 6.72. The number of halogens is 1. The van der Waals surface area contributed by atoms with E-state index in [1.54, 1.807) is 24.4 Å². The average molecular weight is 313 g/mol. The first-order valence-corrected chi connectivity index (χ1v) is 7.09. The molecular weight excluding hydrogens is 300 g/mol. The van der Waals surface area contributed by atoms with Crippen LogP contribution in [0.15, 0.2) is 58.4 Å². The van der Waals surface area contributed by atoms with Crippen molar-refractivity contribution in [2.75, 3.05) is 0 Å². The standard InChI is InChI=1S/C16H13ClN4O/c17-12-7-5-11(6-8-12)9-18-19-10-15-20-14-4-2-1-3-13(14)16(22)21-15/h1-9,19H,10H2,(H,20,21,22)/b18-9+. The van der Waals surface area contributed by atoms with E-state index in [9.17, 15) is 4.79 Å². The minimum atomic E-state index is -0.149. The average Bonchev–Trinajstić information content (AvgIpc) is 2.53. The number of fused-ring (bicyclic) bond motifs is 1. The van der Waals surface area contributed by atoms with Gasteiger partial charge in [0, 0.05) is 5.02 Å². The van der Waals surface area contributed by atoms with Crippen molar-refractivity contribution in [1.82, 2.24) is 15.4 Å². The van der Waals surface area contributed by atoms with E-state index in [-0.39, 0.29) is 5.56 Å². The quantitative estimate of drug-likeness (QED) is 0.575. The van der Waals surface area contributed by atoms with Gasteiger partial charge in [0.2, 0.25) is 0 Å². The van der Waals surface area contributed by atoms with Crippen LogP contribution in [0.1, 0.15) is 11.4 Å². The summed E-state index contributed by atoms with van der Waals surface area (Å²) in [6.45, 7) is 0.337. The molecule has 0 radical (unpaired) electrons. The minimum absolute atomic E-state index is 0.149. The SMILES string of the molecule is O=c1[nH]c(CN/N=C/c2ccc(Cl)cc2)nc2ccccc12. The number of benzene rings is 2. The smallest absolute Gasteiger partial charge is 0.258 e. The van der Waals surface area contributed by atoms with Crippen molar-refractivity contribution >= 4 is 28.7 Å². The van der Waals surface area contributed by atoms with Gasteiger partial charge < -0.3 is 10.4 Å². The Bertz CT molecular complexity index is 871. The maximum atomic E-state index is 11.9. The molecule has 3 aromatic rings. The Kier molecular flexibility index (Phi) is 4.16. The van der Waals surface area contributed by atoms with E-state index < -0.39 is 0 Å². The Morgan fingerprint density at radius 1 is 1.18 bits per heavy atom. The number of hydrogen-bond acceptors (Lipinski definition) is 4. The van der Waals surface area contributed by atoms with E-state index in [1.165, 1.54) is 0 Å². The van der Waals surface area contributed by atoms with E-state index in [4.69, 9.17) is 11.6 Å². The molecule has 3 rings (SSSR count). The number of para-hydroxylation sites is 1. The van der Waals surface area contributed by atoms with Gasteiger partial charge in [-0.05, 0) is 29.8 Å². The summed E-state index contributed by atoms with van der Waals surface area (Å²) in [5.74, 6) is 0.539. The first-order chi connectivity index (χ1) is 10.7. The van der Waals surface area contributed by atoms with Crippen LogP contribution in [0.5, 0.6) is 0 Å². The highest BCUT2D eigenvalue weighted by Gasteiger charge is 2.01. The Balaban J connectivity index is 1.69. The van der Waals surface area contributed by atoms with Gasteiger partial charge in [0.25, 0.3) is 5.56 Å². The van der Waals surface area contributed by atoms with Crippen LogP contribution in [0.2, 0.25) is 5.02 Å². The van der Waals surface area contributed by atoms with Gasteiger partial charge in [0.15, 0.2) is 0 Å². The minimum Gasteiger partial charge on any atom is -0.308 e. The van der Waals surface area contributed by atoms with E-state index in [2.05, 4.69) is 20.5 Å². The molecule has 0 aliphatic rings. The third kappa shape index (κ3) is 3.32. The molecule has 0 saturated heterocycles. The van der Waals surface area contributed by atoms with Crippen LogP contribution < -0.4 is 11.0 Å². The molecule has 2 N–H and O–H groups in total. The molecular formula is C16H13ClN4O. The van der Waals surface area contributed by atoms with E-state index >= 15 is 0 Å². The van der Waals surface area contributed by atoms with Crippen LogP contribution in [0.3, 0.4) is 0 Å². The molecule has 0 saturated carbocycles. The molecule has 22 heavy (non-hydrogen) atoms. The molecule has 110 valence electrons.